The molecule has 0 aliphatic carbocycles. The Hall–Kier alpha value is -2.72. The fraction of sp³-hybridized carbons (Fsp3) is 0.214. The normalized spacial score (nSPS) is 11.2. The number of rotatable bonds is 6. The molecule has 128 valence electrons. The van der Waals surface area contributed by atoms with Crippen LogP contribution in [0.2, 0.25) is 0 Å². The van der Waals surface area contributed by atoms with Gasteiger partial charge in [0.15, 0.2) is 11.6 Å². The van der Waals surface area contributed by atoms with Crippen molar-refractivity contribution in [3.8, 4) is 0 Å². The molecule has 9 nitrogen and oxygen atoms in total. The summed E-state index contributed by atoms with van der Waals surface area (Å²) in [6.07, 6.45) is 0. The van der Waals surface area contributed by atoms with Crippen LogP contribution in [0.15, 0.2) is 36.4 Å². The molecular formula is C14H18N6O3S. The maximum atomic E-state index is 11.7. The summed E-state index contributed by atoms with van der Waals surface area (Å²) in [5.41, 5.74) is 1.35. The first-order valence-electron chi connectivity index (χ1n) is 6.95. The minimum Gasteiger partial charge on any atom is -0.339 e. The molecule has 0 bridgehead atoms. The van der Waals surface area contributed by atoms with Gasteiger partial charge >= 0.3 is 10.2 Å². The number of hydrogen-bond acceptors (Lipinski definition) is 6. The molecule has 2 aromatic rings. The standard InChI is InChI=1S/C14H18N6O3S/c1-10(21)15-11-5-4-6-12(9-11)16-13-7-8-14(18-17-13)19-24(22,23)20(2)3/h4-9H,1-3H3,(H,15,21)(H,16,17)(H,18,19). The molecule has 3 N–H and O–H groups in total. The summed E-state index contributed by atoms with van der Waals surface area (Å²) < 4.78 is 26.7. The lowest BCUT2D eigenvalue weighted by atomic mass is 10.2. The third-order valence-corrected chi connectivity index (χ3v) is 4.26. The Balaban J connectivity index is 2.08. The van der Waals surface area contributed by atoms with Crippen LogP contribution < -0.4 is 15.4 Å². The molecule has 1 amide bonds. The van der Waals surface area contributed by atoms with Crippen LogP contribution in [-0.4, -0.2) is 42.9 Å². The highest BCUT2D eigenvalue weighted by Crippen LogP contribution is 2.19. The molecule has 0 atom stereocenters. The number of carbonyl (C=O) groups is 1. The van der Waals surface area contributed by atoms with Gasteiger partial charge in [0.25, 0.3) is 0 Å². The van der Waals surface area contributed by atoms with Crippen molar-refractivity contribution in [3.63, 3.8) is 0 Å². The van der Waals surface area contributed by atoms with E-state index in [1.165, 1.54) is 27.1 Å². The molecule has 1 aromatic heterocycles. The molecule has 0 spiro atoms. The van der Waals surface area contributed by atoms with E-state index in [2.05, 4.69) is 25.6 Å². The average Bonchev–Trinajstić information content (AvgIpc) is 2.48. The van der Waals surface area contributed by atoms with Gasteiger partial charge in [-0.15, -0.1) is 10.2 Å². The number of hydrogen-bond donors (Lipinski definition) is 3. The number of benzene rings is 1. The van der Waals surface area contributed by atoms with Gasteiger partial charge in [-0.25, -0.2) is 0 Å². The zero-order chi connectivity index (χ0) is 17.7. The minimum absolute atomic E-state index is 0.112. The molecule has 0 fully saturated rings. The summed E-state index contributed by atoms with van der Waals surface area (Å²) in [5, 5.41) is 13.4. The van der Waals surface area contributed by atoms with Crippen LogP contribution >= 0.6 is 0 Å². The molecular weight excluding hydrogens is 332 g/mol. The molecule has 24 heavy (non-hydrogen) atoms. The first kappa shape index (κ1) is 17.6. The Kier molecular flexibility index (Phi) is 5.31. The number of amides is 1. The molecule has 1 heterocycles. The van der Waals surface area contributed by atoms with Crippen LogP contribution in [0.1, 0.15) is 6.92 Å². The van der Waals surface area contributed by atoms with Crippen LogP contribution in [0, 0.1) is 0 Å². The van der Waals surface area contributed by atoms with Crippen molar-refractivity contribution in [2.24, 2.45) is 0 Å². The number of anilines is 4. The first-order chi connectivity index (χ1) is 11.3. The zero-order valence-electron chi connectivity index (χ0n) is 13.4. The van der Waals surface area contributed by atoms with Crippen molar-refractivity contribution in [1.29, 1.82) is 0 Å². The largest absolute Gasteiger partial charge is 0.339 e. The second-order valence-electron chi connectivity index (χ2n) is 5.08. The van der Waals surface area contributed by atoms with Gasteiger partial charge in [0.05, 0.1) is 0 Å². The van der Waals surface area contributed by atoms with Crippen LogP contribution in [0.3, 0.4) is 0 Å². The second-order valence-corrected chi connectivity index (χ2v) is 6.96. The highest BCUT2D eigenvalue weighted by Gasteiger charge is 2.13. The van der Waals surface area contributed by atoms with E-state index in [0.29, 0.717) is 17.2 Å². The smallest absolute Gasteiger partial charge is 0.302 e. The molecule has 0 aliphatic rings. The van der Waals surface area contributed by atoms with E-state index >= 15 is 0 Å². The van der Waals surface area contributed by atoms with E-state index < -0.39 is 10.2 Å². The Morgan fingerprint density at radius 1 is 1.04 bits per heavy atom. The predicted molar refractivity (Wildman–Crippen MR) is 92.3 cm³/mol. The topological polar surface area (TPSA) is 116 Å². The van der Waals surface area contributed by atoms with Crippen molar-refractivity contribution in [1.82, 2.24) is 14.5 Å². The third kappa shape index (κ3) is 4.89. The lowest BCUT2D eigenvalue weighted by Gasteiger charge is -2.12. The predicted octanol–water partition coefficient (Wildman–Crippen LogP) is 1.40. The van der Waals surface area contributed by atoms with E-state index in [0.717, 1.165) is 4.31 Å². The van der Waals surface area contributed by atoms with Crippen molar-refractivity contribution in [2.75, 3.05) is 29.5 Å². The Morgan fingerprint density at radius 2 is 1.67 bits per heavy atom. The fourth-order valence-electron chi connectivity index (χ4n) is 1.70. The average molecular weight is 350 g/mol. The van der Waals surface area contributed by atoms with Crippen molar-refractivity contribution in [2.45, 2.75) is 6.92 Å². The van der Waals surface area contributed by atoms with Crippen LogP contribution in [0.4, 0.5) is 23.0 Å². The van der Waals surface area contributed by atoms with Gasteiger partial charge in [-0.3, -0.25) is 9.52 Å². The summed E-state index contributed by atoms with van der Waals surface area (Å²) >= 11 is 0. The van der Waals surface area contributed by atoms with Crippen molar-refractivity contribution >= 4 is 39.1 Å². The molecule has 2 rings (SSSR count). The summed E-state index contributed by atoms with van der Waals surface area (Å²) in [6, 6.07) is 10.2. The highest BCUT2D eigenvalue weighted by molar-refractivity contribution is 7.90. The van der Waals surface area contributed by atoms with E-state index in [9.17, 15) is 13.2 Å². The van der Waals surface area contributed by atoms with E-state index in [1.54, 1.807) is 30.3 Å². The molecule has 0 unspecified atom stereocenters. The SMILES string of the molecule is CC(=O)Nc1cccc(Nc2ccc(NS(=O)(=O)N(C)C)nn2)c1. The number of nitrogens with zero attached hydrogens (tertiary/aromatic N) is 3. The molecule has 0 radical (unpaired) electrons. The van der Waals surface area contributed by atoms with Crippen LogP contribution in [-0.2, 0) is 15.0 Å². The van der Waals surface area contributed by atoms with Gasteiger partial charge in [0.2, 0.25) is 5.91 Å². The fourth-order valence-corrected chi connectivity index (χ4v) is 2.26. The van der Waals surface area contributed by atoms with E-state index in [-0.39, 0.29) is 11.7 Å². The third-order valence-electron chi connectivity index (χ3n) is 2.83. The molecule has 0 aliphatic heterocycles. The Bertz CT molecular complexity index is 821. The van der Waals surface area contributed by atoms with Gasteiger partial charge in [-0.2, -0.15) is 12.7 Å². The lowest BCUT2D eigenvalue weighted by molar-refractivity contribution is -0.114. The second kappa shape index (κ2) is 7.23. The van der Waals surface area contributed by atoms with Gasteiger partial charge in [-0.1, -0.05) is 6.07 Å². The maximum Gasteiger partial charge on any atom is 0.302 e. The highest BCUT2D eigenvalue weighted by atomic mass is 32.2. The van der Waals surface area contributed by atoms with Crippen LogP contribution in [0.5, 0.6) is 0 Å². The Labute approximate surface area is 140 Å². The van der Waals surface area contributed by atoms with Gasteiger partial charge in [0.1, 0.15) is 0 Å². The first-order valence-corrected chi connectivity index (χ1v) is 8.39. The van der Waals surface area contributed by atoms with Gasteiger partial charge in [0, 0.05) is 32.4 Å². The van der Waals surface area contributed by atoms with E-state index in [4.69, 9.17) is 0 Å². The minimum atomic E-state index is -3.62. The van der Waals surface area contributed by atoms with E-state index in [1.807, 2.05) is 0 Å². The zero-order valence-corrected chi connectivity index (χ0v) is 14.3. The van der Waals surface area contributed by atoms with Crippen molar-refractivity contribution in [3.05, 3.63) is 36.4 Å². The summed E-state index contributed by atoms with van der Waals surface area (Å²) in [6.45, 7) is 1.43. The van der Waals surface area contributed by atoms with Gasteiger partial charge < -0.3 is 10.6 Å². The summed E-state index contributed by atoms with van der Waals surface area (Å²) in [7, 11) is -0.799. The summed E-state index contributed by atoms with van der Waals surface area (Å²) in [5.74, 6) is 0.383. The van der Waals surface area contributed by atoms with Crippen molar-refractivity contribution < 1.29 is 13.2 Å². The maximum absolute atomic E-state index is 11.7. The van der Waals surface area contributed by atoms with Gasteiger partial charge in [-0.05, 0) is 30.3 Å². The number of nitrogens with one attached hydrogen (secondary N) is 3. The monoisotopic (exact) mass is 350 g/mol. The molecule has 0 saturated carbocycles. The number of aromatic nitrogens is 2. The quantitative estimate of drug-likeness (QED) is 0.725. The Morgan fingerprint density at radius 3 is 2.25 bits per heavy atom. The molecule has 1 aromatic carbocycles. The number of carbonyl (C=O) groups excluding carboxylic acids is 1. The lowest BCUT2D eigenvalue weighted by Crippen LogP contribution is -2.29. The molecule has 10 heteroatoms. The summed E-state index contributed by atoms with van der Waals surface area (Å²) in [4.78, 5) is 11.1. The molecule has 0 saturated heterocycles. The van der Waals surface area contributed by atoms with Crippen LogP contribution in [0.25, 0.3) is 0 Å².